The van der Waals surface area contributed by atoms with Crippen molar-refractivity contribution in [2.75, 3.05) is 19.5 Å². The molecule has 2 aromatic carbocycles. The molecule has 0 radical (unpaired) electrons. The zero-order valence-corrected chi connectivity index (χ0v) is 21.9. The lowest BCUT2D eigenvalue weighted by atomic mass is 9.87. The smallest absolute Gasteiger partial charge is 0.374 e. The van der Waals surface area contributed by atoms with Gasteiger partial charge in [-0.25, -0.2) is 17.2 Å². The number of carbonyl (C=O) groups is 2. The number of carbonyl (C=O) groups excluding carboxylic acids is 2. The second-order valence-electron chi connectivity index (χ2n) is 9.87. The van der Waals surface area contributed by atoms with Gasteiger partial charge in [-0.15, -0.1) is 0 Å². The molecule has 2 saturated heterocycles. The number of hydrogen-bond donors (Lipinski definition) is 1. The van der Waals surface area contributed by atoms with Gasteiger partial charge in [-0.1, -0.05) is 19.1 Å². The van der Waals surface area contributed by atoms with Crippen molar-refractivity contribution in [1.29, 1.82) is 0 Å². The first kappa shape index (κ1) is 28.9. The molecule has 13 heteroatoms. The summed E-state index contributed by atoms with van der Waals surface area (Å²) < 4.78 is 98.4. The third-order valence-corrected chi connectivity index (χ3v) is 8.26. The fourth-order valence-electron chi connectivity index (χ4n) is 4.98. The lowest BCUT2D eigenvalue weighted by molar-refractivity contribution is -0.155. The van der Waals surface area contributed by atoms with Gasteiger partial charge in [-0.05, 0) is 49.6 Å². The molecule has 3 atom stereocenters. The molecular weight excluding hydrogens is 547 g/mol. The van der Waals surface area contributed by atoms with Crippen LogP contribution in [-0.4, -0.2) is 62.4 Å². The Morgan fingerprint density at radius 3 is 2.38 bits per heavy atom. The van der Waals surface area contributed by atoms with E-state index < -0.39 is 75.7 Å². The van der Waals surface area contributed by atoms with E-state index in [0.717, 1.165) is 12.3 Å². The van der Waals surface area contributed by atoms with Crippen LogP contribution in [0.25, 0.3) is 0 Å². The summed E-state index contributed by atoms with van der Waals surface area (Å²) in [6, 6.07) is 3.83. The third kappa shape index (κ3) is 5.79. The quantitative estimate of drug-likeness (QED) is 0.500. The maximum Gasteiger partial charge on any atom is 0.416 e. The topological polar surface area (TPSA) is 92.8 Å². The lowest BCUT2D eigenvalue weighted by Gasteiger charge is -2.41. The molecule has 2 aliphatic rings. The van der Waals surface area contributed by atoms with Gasteiger partial charge < -0.3 is 15.0 Å². The molecule has 4 rings (SSSR count). The van der Waals surface area contributed by atoms with E-state index >= 15 is 4.39 Å². The van der Waals surface area contributed by atoms with Crippen molar-refractivity contribution in [3.63, 3.8) is 0 Å². The predicted molar refractivity (Wildman–Crippen MR) is 130 cm³/mol. The van der Waals surface area contributed by atoms with Crippen molar-refractivity contribution in [3.8, 4) is 0 Å². The highest BCUT2D eigenvalue weighted by atomic mass is 32.2. The van der Waals surface area contributed by atoms with Gasteiger partial charge in [0.05, 0.1) is 29.7 Å². The Labute approximate surface area is 222 Å². The Morgan fingerprint density at radius 1 is 1.15 bits per heavy atom. The van der Waals surface area contributed by atoms with Crippen molar-refractivity contribution < 1.29 is 44.7 Å². The number of nitrogens with zero attached hydrogens (tertiary/aromatic N) is 1. The normalized spacial score (nSPS) is 21.8. The summed E-state index contributed by atoms with van der Waals surface area (Å²) in [4.78, 5) is 28.2. The van der Waals surface area contributed by atoms with Gasteiger partial charge in [0.25, 0.3) is 5.91 Å². The first-order chi connectivity index (χ1) is 18.2. The first-order valence-corrected chi connectivity index (χ1v) is 14.1. The number of hydrogen-bond acceptors (Lipinski definition) is 5. The SMILES string of the molecule is CC[C@@H]1CC[C@H](C(=O)NC(c2ccc(C(F)(F)F)cc2F)C2(F)COC2)N1C(=O)c1cccc(S(C)(=O)=O)c1. The predicted octanol–water partition coefficient (Wildman–Crippen LogP) is 4.23. The lowest BCUT2D eigenvalue weighted by Crippen LogP contribution is -2.58. The molecule has 1 unspecified atom stereocenters. The van der Waals surface area contributed by atoms with Crippen LogP contribution < -0.4 is 5.32 Å². The van der Waals surface area contributed by atoms with Gasteiger partial charge in [0.15, 0.2) is 15.5 Å². The molecule has 39 heavy (non-hydrogen) atoms. The standard InChI is InChI=1S/C26H27F5N2O5S/c1-3-17-8-10-21(33(17)24(35)15-5-4-6-18(11-15)39(2,36)37)23(34)32-22(25(28)13-38-14-25)19-9-7-16(12-20(19)27)26(29,30)31/h4-7,9,11-12,17,21-22H,3,8,10,13-14H2,1-2H3,(H,32,34)/t17-,21-,22?/m1/s1. The van der Waals surface area contributed by atoms with Crippen molar-refractivity contribution in [3.05, 3.63) is 65.0 Å². The molecule has 0 spiro atoms. The molecule has 7 nitrogen and oxygen atoms in total. The maximum absolute atomic E-state index is 15.6. The molecular formula is C26H27F5N2O5S. The van der Waals surface area contributed by atoms with E-state index in [0.29, 0.717) is 18.9 Å². The van der Waals surface area contributed by atoms with Crippen molar-refractivity contribution in [2.24, 2.45) is 0 Å². The number of rotatable bonds is 7. The highest BCUT2D eigenvalue weighted by molar-refractivity contribution is 7.90. The molecule has 2 aliphatic heterocycles. The average molecular weight is 575 g/mol. The minimum Gasteiger partial charge on any atom is -0.374 e. The Hall–Kier alpha value is -3.06. The van der Waals surface area contributed by atoms with Crippen LogP contribution in [0.15, 0.2) is 47.4 Å². The zero-order valence-electron chi connectivity index (χ0n) is 21.1. The summed E-state index contributed by atoms with van der Waals surface area (Å²) in [7, 11) is -3.62. The average Bonchev–Trinajstić information content (AvgIpc) is 3.29. The Bertz CT molecular complexity index is 1380. The number of amides is 2. The van der Waals surface area contributed by atoms with Crippen LogP contribution in [-0.2, 0) is 25.5 Å². The minimum absolute atomic E-state index is 0.0377. The van der Waals surface area contributed by atoms with E-state index in [9.17, 15) is 35.6 Å². The largest absolute Gasteiger partial charge is 0.416 e. The molecule has 2 amide bonds. The summed E-state index contributed by atoms with van der Waals surface area (Å²) in [6.07, 6.45) is -2.73. The molecule has 0 aliphatic carbocycles. The van der Waals surface area contributed by atoms with Crippen molar-refractivity contribution in [1.82, 2.24) is 10.2 Å². The number of likely N-dealkylation sites (tertiary alicyclic amines) is 1. The second-order valence-corrected chi connectivity index (χ2v) is 11.9. The van der Waals surface area contributed by atoms with Gasteiger partial charge >= 0.3 is 6.18 Å². The van der Waals surface area contributed by atoms with Crippen LogP contribution in [0.5, 0.6) is 0 Å². The van der Waals surface area contributed by atoms with Crippen LogP contribution in [0.2, 0.25) is 0 Å². The molecule has 2 fully saturated rings. The minimum atomic E-state index is -4.82. The van der Waals surface area contributed by atoms with Gasteiger partial charge in [0.2, 0.25) is 5.91 Å². The molecule has 212 valence electrons. The molecule has 0 bridgehead atoms. The summed E-state index contributed by atoms with van der Waals surface area (Å²) in [5.41, 5.74) is -3.99. The first-order valence-electron chi connectivity index (χ1n) is 12.2. The highest BCUT2D eigenvalue weighted by Crippen LogP contribution is 2.40. The van der Waals surface area contributed by atoms with E-state index in [4.69, 9.17) is 4.74 Å². The van der Waals surface area contributed by atoms with Crippen LogP contribution >= 0.6 is 0 Å². The van der Waals surface area contributed by atoms with E-state index in [1.165, 1.54) is 29.2 Å². The molecule has 2 heterocycles. The highest BCUT2D eigenvalue weighted by Gasteiger charge is 2.51. The van der Waals surface area contributed by atoms with Gasteiger partial charge in [0, 0.05) is 23.4 Å². The number of sulfone groups is 1. The molecule has 0 aromatic heterocycles. The van der Waals surface area contributed by atoms with Gasteiger partial charge in [-0.2, -0.15) is 13.2 Å². The fraction of sp³-hybridized carbons (Fsp3) is 0.462. The second kappa shape index (κ2) is 10.5. The van der Waals surface area contributed by atoms with E-state index in [1.54, 1.807) is 6.92 Å². The number of halogens is 5. The van der Waals surface area contributed by atoms with Crippen LogP contribution in [0, 0.1) is 5.82 Å². The van der Waals surface area contributed by atoms with E-state index in [1.807, 2.05) is 0 Å². The van der Waals surface area contributed by atoms with Gasteiger partial charge in [-0.3, -0.25) is 9.59 Å². The summed E-state index contributed by atoms with van der Waals surface area (Å²) in [6.45, 7) is 0.782. The molecule has 2 aromatic rings. The number of nitrogens with one attached hydrogen (secondary N) is 1. The molecule has 1 N–H and O–H groups in total. The third-order valence-electron chi connectivity index (χ3n) is 7.15. The summed E-state index contributed by atoms with van der Waals surface area (Å²) >= 11 is 0. The van der Waals surface area contributed by atoms with Gasteiger partial charge in [0.1, 0.15) is 11.9 Å². The number of ether oxygens (including phenoxy) is 1. The van der Waals surface area contributed by atoms with Crippen molar-refractivity contribution in [2.45, 2.75) is 61.1 Å². The fourth-order valence-corrected chi connectivity index (χ4v) is 5.65. The molecule has 0 saturated carbocycles. The Kier molecular flexibility index (Phi) is 7.78. The Morgan fingerprint density at radius 2 is 1.85 bits per heavy atom. The van der Waals surface area contributed by atoms with Crippen LogP contribution in [0.3, 0.4) is 0 Å². The van der Waals surface area contributed by atoms with Crippen LogP contribution in [0.1, 0.15) is 53.7 Å². The van der Waals surface area contributed by atoms with E-state index in [-0.39, 0.29) is 29.0 Å². The monoisotopic (exact) mass is 574 g/mol. The Balaban J connectivity index is 1.65. The number of alkyl halides is 4. The van der Waals surface area contributed by atoms with Crippen molar-refractivity contribution >= 4 is 21.7 Å². The van der Waals surface area contributed by atoms with E-state index in [2.05, 4.69) is 5.32 Å². The zero-order chi connectivity index (χ0) is 28.8. The summed E-state index contributed by atoms with van der Waals surface area (Å²) in [5, 5.41) is 2.43. The maximum atomic E-state index is 15.6. The number of benzene rings is 2. The summed E-state index contributed by atoms with van der Waals surface area (Å²) in [5.74, 6) is -2.77. The van der Waals surface area contributed by atoms with Crippen LogP contribution in [0.4, 0.5) is 22.0 Å².